The SMILES string of the molecule is CCCCc1c(Cc2ccc(-c3ccccc3-c3nnn[nH]3)cc2)c(=O)n2n1CCCC2C1(C(=O)OCC)CCCC1. The van der Waals surface area contributed by atoms with Gasteiger partial charge in [0.15, 0.2) is 5.82 Å². The van der Waals surface area contributed by atoms with E-state index in [1.54, 1.807) is 0 Å². The number of hydrogen-bond acceptors (Lipinski definition) is 6. The molecule has 2 aromatic heterocycles. The number of aromatic amines is 1. The van der Waals surface area contributed by atoms with Gasteiger partial charge in [-0.2, -0.15) is 0 Å². The highest BCUT2D eigenvalue weighted by molar-refractivity contribution is 5.80. The number of ether oxygens (including phenoxy) is 1. The summed E-state index contributed by atoms with van der Waals surface area (Å²) in [5.74, 6) is 0.503. The van der Waals surface area contributed by atoms with Gasteiger partial charge in [0.1, 0.15) is 0 Å². The number of tetrazole rings is 1. The van der Waals surface area contributed by atoms with Crippen LogP contribution < -0.4 is 5.56 Å². The minimum atomic E-state index is -0.607. The smallest absolute Gasteiger partial charge is 0.314 e. The predicted molar refractivity (Wildman–Crippen MR) is 161 cm³/mol. The molecule has 9 heteroatoms. The summed E-state index contributed by atoms with van der Waals surface area (Å²) < 4.78 is 9.85. The Bertz CT molecular complexity index is 1580. The zero-order chi connectivity index (χ0) is 29.1. The first-order chi connectivity index (χ1) is 20.6. The van der Waals surface area contributed by atoms with E-state index in [2.05, 4.69) is 62.6 Å². The lowest BCUT2D eigenvalue weighted by Crippen LogP contribution is -2.46. The van der Waals surface area contributed by atoms with Gasteiger partial charge in [-0.3, -0.25) is 14.3 Å². The molecule has 0 bridgehead atoms. The number of carbonyl (C=O) groups excluding carboxylic acids is 1. The molecule has 0 amide bonds. The van der Waals surface area contributed by atoms with Crippen molar-refractivity contribution < 1.29 is 9.53 Å². The lowest BCUT2D eigenvalue weighted by atomic mass is 9.76. The van der Waals surface area contributed by atoms with E-state index in [4.69, 9.17) is 4.74 Å². The van der Waals surface area contributed by atoms with Crippen molar-refractivity contribution in [2.75, 3.05) is 6.61 Å². The maximum Gasteiger partial charge on any atom is 0.314 e. The van der Waals surface area contributed by atoms with Gasteiger partial charge in [-0.05, 0) is 72.6 Å². The summed E-state index contributed by atoms with van der Waals surface area (Å²) in [7, 11) is 0. The highest BCUT2D eigenvalue weighted by Gasteiger charge is 2.51. The van der Waals surface area contributed by atoms with Crippen molar-refractivity contribution in [2.24, 2.45) is 5.41 Å². The molecule has 6 rings (SSSR count). The Morgan fingerprint density at radius 1 is 1.05 bits per heavy atom. The van der Waals surface area contributed by atoms with Crippen molar-refractivity contribution >= 4 is 5.97 Å². The zero-order valence-electron chi connectivity index (χ0n) is 24.6. The summed E-state index contributed by atoms with van der Waals surface area (Å²) >= 11 is 0. The second-order valence-corrected chi connectivity index (χ2v) is 11.7. The number of H-pyrrole nitrogens is 1. The fourth-order valence-corrected chi connectivity index (χ4v) is 7.25. The molecule has 0 saturated heterocycles. The Labute approximate surface area is 246 Å². The molecular formula is C33H40N6O3. The number of aromatic nitrogens is 6. The van der Waals surface area contributed by atoms with Crippen molar-refractivity contribution in [1.82, 2.24) is 30.0 Å². The molecule has 0 spiro atoms. The van der Waals surface area contributed by atoms with Gasteiger partial charge in [0.05, 0.1) is 18.1 Å². The standard InChI is InChI=1S/C33H40N6O3/c1-3-5-13-28-27(22-23-15-17-24(18-16-23)25-11-6-7-12-26(25)30-34-36-37-35-30)31(40)39-29(14-10-21-38(28)39)33(19-8-9-20-33)32(41)42-4-2/h6-7,11-12,15-18,29H,3-5,8-10,13-14,19-22H2,1-2H3,(H,34,35,36,37). The Kier molecular flexibility index (Phi) is 8.09. The minimum absolute atomic E-state index is 0.0635. The van der Waals surface area contributed by atoms with E-state index in [1.807, 2.05) is 29.8 Å². The first-order valence-electron chi connectivity index (χ1n) is 15.5. The van der Waals surface area contributed by atoms with Crippen LogP contribution >= 0.6 is 0 Å². The van der Waals surface area contributed by atoms with E-state index in [9.17, 15) is 9.59 Å². The summed E-state index contributed by atoms with van der Waals surface area (Å²) in [6, 6.07) is 16.3. The molecule has 0 radical (unpaired) electrons. The van der Waals surface area contributed by atoms with Gasteiger partial charge in [0.2, 0.25) is 0 Å². The molecule has 220 valence electrons. The van der Waals surface area contributed by atoms with Gasteiger partial charge in [0, 0.05) is 29.8 Å². The Morgan fingerprint density at radius 3 is 2.50 bits per heavy atom. The van der Waals surface area contributed by atoms with E-state index in [0.717, 1.165) is 97.8 Å². The van der Waals surface area contributed by atoms with Crippen LogP contribution in [0.3, 0.4) is 0 Å². The van der Waals surface area contributed by atoms with Gasteiger partial charge in [-0.1, -0.05) is 74.7 Å². The molecule has 1 N–H and O–H groups in total. The van der Waals surface area contributed by atoms with Crippen molar-refractivity contribution in [3.8, 4) is 22.5 Å². The number of fused-ring (bicyclic) bond motifs is 1. The first-order valence-corrected chi connectivity index (χ1v) is 15.5. The van der Waals surface area contributed by atoms with E-state index in [0.29, 0.717) is 18.9 Å². The highest BCUT2D eigenvalue weighted by atomic mass is 16.5. The fourth-order valence-electron chi connectivity index (χ4n) is 7.25. The number of unbranched alkanes of at least 4 members (excludes halogenated alkanes) is 1. The summed E-state index contributed by atoms with van der Waals surface area (Å²) in [6.45, 7) is 5.24. The monoisotopic (exact) mass is 568 g/mol. The van der Waals surface area contributed by atoms with Crippen LogP contribution in [0.2, 0.25) is 0 Å². The lowest BCUT2D eigenvalue weighted by Gasteiger charge is -2.39. The third-order valence-corrected chi connectivity index (χ3v) is 9.29. The van der Waals surface area contributed by atoms with Crippen molar-refractivity contribution in [3.05, 3.63) is 75.7 Å². The Morgan fingerprint density at radius 2 is 1.81 bits per heavy atom. The number of carbonyl (C=O) groups is 1. The molecule has 1 aliphatic heterocycles. The molecule has 42 heavy (non-hydrogen) atoms. The highest BCUT2D eigenvalue weighted by Crippen LogP contribution is 2.50. The van der Waals surface area contributed by atoms with Crippen LogP contribution in [-0.4, -0.2) is 42.6 Å². The molecule has 9 nitrogen and oxygen atoms in total. The van der Waals surface area contributed by atoms with Gasteiger partial charge < -0.3 is 4.74 Å². The third-order valence-electron chi connectivity index (χ3n) is 9.29. The molecule has 3 heterocycles. The number of hydrogen-bond donors (Lipinski definition) is 1. The van der Waals surface area contributed by atoms with Crippen molar-refractivity contribution in [3.63, 3.8) is 0 Å². The normalized spacial score (nSPS) is 17.7. The number of rotatable bonds is 10. The van der Waals surface area contributed by atoms with Crippen LogP contribution in [0.1, 0.15) is 88.1 Å². The molecule has 4 aromatic rings. The van der Waals surface area contributed by atoms with Crippen LogP contribution in [-0.2, 0) is 28.9 Å². The van der Waals surface area contributed by atoms with Crippen LogP contribution in [0, 0.1) is 5.41 Å². The first kappa shape index (κ1) is 28.1. The topological polar surface area (TPSA) is 108 Å². The molecular weight excluding hydrogens is 528 g/mol. The summed E-state index contributed by atoms with van der Waals surface area (Å²) in [4.78, 5) is 27.8. The number of nitrogens with zero attached hydrogens (tertiary/aromatic N) is 5. The third kappa shape index (κ3) is 4.99. The molecule has 1 saturated carbocycles. The average Bonchev–Trinajstić information content (AvgIpc) is 3.79. The summed E-state index contributed by atoms with van der Waals surface area (Å²) in [6.07, 6.45) is 8.91. The Hall–Kier alpha value is -4.01. The lowest BCUT2D eigenvalue weighted by molar-refractivity contribution is -0.159. The van der Waals surface area contributed by atoms with Gasteiger partial charge in [0.25, 0.3) is 5.56 Å². The minimum Gasteiger partial charge on any atom is -0.466 e. The quantitative estimate of drug-likeness (QED) is 0.239. The molecule has 2 aliphatic rings. The number of nitrogens with one attached hydrogen (secondary N) is 1. The summed E-state index contributed by atoms with van der Waals surface area (Å²) in [5, 5.41) is 14.4. The second kappa shape index (κ2) is 12.1. The fraction of sp³-hybridized carbons (Fsp3) is 0.485. The summed E-state index contributed by atoms with van der Waals surface area (Å²) in [5.41, 5.74) is 5.58. The van der Waals surface area contributed by atoms with Gasteiger partial charge in [-0.15, -0.1) is 5.10 Å². The van der Waals surface area contributed by atoms with Crippen molar-refractivity contribution in [1.29, 1.82) is 0 Å². The maximum absolute atomic E-state index is 14.3. The van der Waals surface area contributed by atoms with Gasteiger partial charge in [-0.25, -0.2) is 9.78 Å². The van der Waals surface area contributed by atoms with Crippen LogP contribution in [0.15, 0.2) is 53.3 Å². The average molecular weight is 569 g/mol. The van der Waals surface area contributed by atoms with Gasteiger partial charge >= 0.3 is 5.97 Å². The molecule has 2 aromatic carbocycles. The molecule has 1 unspecified atom stereocenters. The van der Waals surface area contributed by atoms with E-state index in [1.165, 1.54) is 0 Å². The zero-order valence-corrected chi connectivity index (χ0v) is 24.6. The number of benzene rings is 2. The number of esters is 1. The molecule has 1 fully saturated rings. The molecule has 1 atom stereocenters. The van der Waals surface area contributed by atoms with Crippen LogP contribution in [0.4, 0.5) is 0 Å². The largest absolute Gasteiger partial charge is 0.466 e. The molecule has 1 aliphatic carbocycles. The van der Waals surface area contributed by atoms with Crippen molar-refractivity contribution in [2.45, 2.75) is 90.6 Å². The maximum atomic E-state index is 14.3. The van der Waals surface area contributed by atoms with Crippen LogP contribution in [0.25, 0.3) is 22.5 Å². The Balaban J connectivity index is 1.36. The van der Waals surface area contributed by atoms with Crippen LogP contribution in [0.5, 0.6) is 0 Å². The van der Waals surface area contributed by atoms with E-state index in [-0.39, 0.29) is 17.6 Å². The second-order valence-electron chi connectivity index (χ2n) is 11.7. The van der Waals surface area contributed by atoms with E-state index >= 15 is 0 Å². The van der Waals surface area contributed by atoms with E-state index < -0.39 is 5.41 Å². The predicted octanol–water partition coefficient (Wildman–Crippen LogP) is 5.89.